The lowest BCUT2D eigenvalue weighted by atomic mass is 9.91. The maximum Gasteiger partial charge on any atom is 0.251 e. The van der Waals surface area contributed by atoms with Crippen LogP contribution in [0.3, 0.4) is 0 Å². The summed E-state index contributed by atoms with van der Waals surface area (Å²) in [5.41, 5.74) is 10.8. The molecule has 4 aromatic carbocycles. The van der Waals surface area contributed by atoms with Crippen molar-refractivity contribution in [1.29, 1.82) is 0 Å². The topological polar surface area (TPSA) is 189 Å². The molecular weight excluding hydrogens is 741 g/mol. The van der Waals surface area contributed by atoms with Crippen LogP contribution < -0.4 is 32.3 Å². The van der Waals surface area contributed by atoms with Gasteiger partial charge in [0.2, 0.25) is 17.8 Å². The molecule has 0 saturated heterocycles. The van der Waals surface area contributed by atoms with Crippen LogP contribution in [0.1, 0.15) is 90.1 Å². The van der Waals surface area contributed by atoms with Crippen LogP contribution in [-0.4, -0.2) is 61.8 Å². The summed E-state index contributed by atoms with van der Waals surface area (Å²) in [7, 11) is 0. The number of hydrogen-bond donors (Lipinski definition) is 6. The van der Waals surface area contributed by atoms with Crippen LogP contribution in [0, 0.1) is 0 Å². The third-order valence-corrected chi connectivity index (χ3v) is 10.9. The van der Waals surface area contributed by atoms with Crippen LogP contribution in [0.15, 0.2) is 109 Å². The van der Waals surface area contributed by atoms with Crippen molar-refractivity contribution in [2.24, 2.45) is 5.73 Å². The molecule has 0 aliphatic heterocycles. The van der Waals surface area contributed by atoms with Crippen LogP contribution in [0.4, 0.5) is 11.9 Å². The van der Waals surface area contributed by atoms with Gasteiger partial charge < -0.3 is 32.3 Å². The Morgan fingerprint density at radius 1 is 0.576 bits per heavy atom. The number of nitrogens with one attached hydrogen (secondary N) is 5. The molecule has 13 heteroatoms. The van der Waals surface area contributed by atoms with E-state index >= 15 is 0 Å². The number of anilines is 2. The maximum atomic E-state index is 12.6. The van der Waals surface area contributed by atoms with Gasteiger partial charge in [0.25, 0.3) is 11.8 Å². The molecule has 2 aliphatic rings. The molecule has 0 spiro atoms. The van der Waals surface area contributed by atoms with Crippen LogP contribution in [0.25, 0.3) is 21.8 Å². The van der Waals surface area contributed by atoms with Crippen molar-refractivity contribution in [2.45, 2.75) is 95.5 Å². The standard InChI is InChI=1S/C24H27N5O2.C22H25N5O/c1-16(30)27-20-9-11-21(12-10-20)28-24-26-15-19-8-7-18(13-22(19)29-24)23(31)25-14-17-5-3-2-4-6-17;23-18-8-10-19(11-9-18)26-22-25-14-17-7-6-16(12-20(17)27-22)21(28)24-13-15-4-2-1-3-5-15/h2-8,13,15,20-21H,9-12,14H2,1H3,(H,25,31)(H,27,30)(H,26,28,29);1-7,12,14,18-19H,8-11,13,23H2,(H,24,28)(H,25,26,27). The predicted octanol–water partition coefficient (Wildman–Crippen LogP) is 6.66. The average Bonchev–Trinajstić information content (AvgIpc) is 3.26. The highest BCUT2D eigenvalue weighted by Gasteiger charge is 2.23. The second kappa shape index (κ2) is 19.8. The second-order valence-corrected chi connectivity index (χ2v) is 15.4. The molecule has 0 atom stereocenters. The Balaban J connectivity index is 0.000000180. The van der Waals surface area contributed by atoms with Crippen LogP contribution in [-0.2, 0) is 17.9 Å². The van der Waals surface area contributed by atoms with Gasteiger partial charge in [-0.1, -0.05) is 72.8 Å². The smallest absolute Gasteiger partial charge is 0.251 e. The number of nitrogens with zero attached hydrogens (tertiary/aromatic N) is 4. The van der Waals surface area contributed by atoms with Crippen LogP contribution in [0.5, 0.6) is 0 Å². The lowest BCUT2D eigenvalue weighted by Crippen LogP contribution is -2.39. The first-order chi connectivity index (χ1) is 28.7. The Morgan fingerprint density at radius 2 is 1.00 bits per heavy atom. The van der Waals surface area contributed by atoms with E-state index in [9.17, 15) is 14.4 Å². The average molecular weight is 793 g/mol. The summed E-state index contributed by atoms with van der Waals surface area (Å²) in [6.07, 6.45) is 11.5. The minimum atomic E-state index is -0.129. The van der Waals surface area contributed by atoms with Crippen molar-refractivity contribution in [2.75, 3.05) is 10.6 Å². The highest BCUT2D eigenvalue weighted by molar-refractivity contribution is 5.98. The van der Waals surface area contributed by atoms with Crippen molar-refractivity contribution in [3.05, 3.63) is 132 Å². The quantitative estimate of drug-likeness (QED) is 0.0828. The van der Waals surface area contributed by atoms with Gasteiger partial charge in [-0.05, 0) is 86.8 Å². The molecule has 2 heterocycles. The molecule has 2 aliphatic carbocycles. The Bertz CT molecular complexity index is 2340. The summed E-state index contributed by atoms with van der Waals surface area (Å²) in [6.45, 7) is 2.54. The summed E-state index contributed by atoms with van der Waals surface area (Å²) in [5.74, 6) is 0.959. The van der Waals surface area contributed by atoms with Crippen LogP contribution in [0.2, 0.25) is 0 Å². The van der Waals surface area contributed by atoms with Gasteiger partial charge in [0, 0.05) is 78.5 Å². The van der Waals surface area contributed by atoms with E-state index in [-0.39, 0.29) is 29.8 Å². The zero-order valence-electron chi connectivity index (χ0n) is 33.4. The number of fused-ring (bicyclic) bond motifs is 2. The molecular formula is C46H52N10O3. The number of hydrogen-bond acceptors (Lipinski definition) is 10. The zero-order chi connectivity index (χ0) is 41.0. The number of rotatable bonds is 11. The van der Waals surface area contributed by atoms with E-state index in [1.165, 1.54) is 0 Å². The van der Waals surface area contributed by atoms with E-state index in [0.29, 0.717) is 48.2 Å². The lowest BCUT2D eigenvalue weighted by molar-refractivity contribution is -0.119. The third kappa shape index (κ3) is 11.8. The van der Waals surface area contributed by atoms with Crippen molar-refractivity contribution in [1.82, 2.24) is 35.9 Å². The van der Waals surface area contributed by atoms with Crippen molar-refractivity contribution < 1.29 is 14.4 Å². The van der Waals surface area contributed by atoms with Crippen molar-refractivity contribution >= 4 is 51.4 Å². The molecule has 8 rings (SSSR count). The van der Waals surface area contributed by atoms with E-state index in [2.05, 4.69) is 46.5 Å². The predicted molar refractivity (Wildman–Crippen MR) is 232 cm³/mol. The van der Waals surface area contributed by atoms with Gasteiger partial charge >= 0.3 is 0 Å². The second-order valence-electron chi connectivity index (χ2n) is 15.4. The number of carbonyl (C=O) groups is 3. The fourth-order valence-corrected chi connectivity index (χ4v) is 7.53. The highest BCUT2D eigenvalue weighted by atomic mass is 16.2. The van der Waals surface area contributed by atoms with Gasteiger partial charge in [-0.2, -0.15) is 0 Å². The summed E-state index contributed by atoms with van der Waals surface area (Å²) < 4.78 is 0. The number of nitrogens with two attached hydrogens (primary N) is 1. The van der Waals surface area contributed by atoms with E-state index in [4.69, 9.17) is 5.73 Å². The molecule has 2 saturated carbocycles. The van der Waals surface area contributed by atoms with Gasteiger partial charge in [-0.25, -0.2) is 19.9 Å². The lowest BCUT2D eigenvalue weighted by Gasteiger charge is -2.29. The van der Waals surface area contributed by atoms with Crippen molar-refractivity contribution in [3.8, 4) is 0 Å². The van der Waals surface area contributed by atoms with E-state index < -0.39 is 0 Å². The van der Waals surface area contributed by atoms with Gasteiger partial charge in [0.05, 0.1) is 11.0 Å². The Morgan fingerprint density at radius 3 is 1.44 bits per heavy atom. The number of benzene rings is 4. The highest BCUT2D eigenvalue weighted by Crippen LogP contribution is 2.24. The Hall–Kier alpha value is -6.47. The Labute approximate surface area is 344 Å². The first kappa shape index (κ1) is 40.7. The molecule has 13 nitrogen and oxygen atoms in total. The first-order valence-electron chi connectivity index (χ1n) is 20.5. The fourth-order valence-electron chi connectivity index (χ4n) is 7.53. The minimum Gasteiger partial charge on any atom is -0.354 e. The number of aromatic nitrogens is 4. The summed E-state index contributed by atoms with van der Waals surface area (Å²) in [6, 6.07) is 31.9. The molecule has 3 amide bonds. The molecule has 59 heavy (non-hydrogen) atoms. The molecule has 7 N–H and O–H groups in total. The third-order valence-electron chi connectivity index (χ3n) is 10.9. The largest absolute Gasteiger partial charge is 0.354 e. The molecule has 0 radical (unpaired) electrons. The van der Waals surface area contributed by atoms with Gasteiger partial charge in [0.1, 0.15) is 0 Å². The van der Waals surface area contributed by atoms with Gasteiger partial charge in [0.15, 0.2) is 0 Å². The van der Waals surface area contributed by atoms with Crippen LogP contribution >= 0.6 is 0 Å². The first-order valence-corrected chi connectivity index (χ1v) is 20.5. The van der Waals surface area contributed by atoms with Crippen molar-refractivity contribution in [3.63, 3.8) is 0 Å². The van der Waals surface area contributed by atoms with Gasteiger partial charge in [-0.15, -0.1) is 0 Å². The normalized spacial score (nSPS) is 18.8. The Kier molecular flexibility index (Phi) is 13.7. The number of carbonyl (C=O) groups excluding carboxylic acids is 3. The molecule has 6 aromatic rings. The van der Waals surface area contributed by atoms with E-state index in [1.54, 1.807) is 31.5 Å². The molecule has 0 bridgehead atoms. The van der Waals surface area contributed by atoms with E-state index in [1.807, 2.05) is 84.9 Å². The fraction of sp³-hybridized carbons (Fsp3) is 0.326. The van der Waals surface area contributed by atoms with Gasteiger partial charge in [-0.3, -0.25) is 14.4 Å². The minimum absolute atomic E-state index is 0.0258. The summed E-state index contributed by atoms with van der Waals surface area (Å²) >= 11 is 0. The molecule has 0 unspecified atom stereocenters. The summed E-state index contributed by atoms with van der Waals surface area (Å²) in [4.78, 5) is 54.4. The molecule has 2 aromatic heterocycles. The van der Waals surface area contributed by atoms with E-state index in [0.717, 1.165) is 84.3 Å². The number of amides is 3. The molecule has 2 fully saturated rings. The monoisotopic (exact) mass is 792 g/mol. The SMILES string of the molecule is CC(=O)NC1CCC(Nc2ncc3ccc(C(=O)NCc4ccccc4)cc3n2)CC1.NC1CCC(Nc2ncc3ccc(C(=O)NCc4ccccc4)cc3n2)CC1. The molecule has 304 valence electrons. The summed E-state index contributed by atoms with van der Waals surface area (Å²) in [5, 5.41) is 17.5. The zero-order valence-corrected chi connectivity index (χ0v) is 33.4. The maximum absolute atomic E-state index is 12.6.